The average Bonchev–Trinajstić information content (AvgIpc) is 3.08. The van der Waals surface area contributed by atoms with Crippen molar-refractivity contribution in [3.05, 3.63) is 88.0 Å². The van der Waals surface area contributed by atoms with E-state index in [0.29, 0.717) is 27.7 Å². The van der Waals surface area contributed by atoms with Crippen molar-refractivity contribution >= 4 is 58.0 Å². The molecule has 0 spiro atoms. The fraction of sp³-hybridized carbons (Fsp3) is 0.0800. The highest BCUT2D eigenvalue weighted by atomic mass is 35.5. The van der Waals surface area contributed by atoms with Crippen LogP contribution in [0, 0.1) is 0 Å². The molecule has 8 nitrogen and oxygen atoms in total. The lowest BCUT2D eigenvalue weighted by molar-refractivity contribution is -0.120. The third-order valence-corrected chi connectivity index (χ3v) is 5.85. The molecule has 0 bridgehead atoms. The lowest BCUT2D eigenvalue weighted by atomic mass is 10.1. The number of para-hydroxylation sites is 1. The summed E-state index contributed by atoms with van der Waals surface area (Å²) in [5.41, 5.74) is 1.24. The van der Waals surface area contributed by atoms with Crippen LogP contribution in [0.2, 0.25) is 5.02 Å². The Morgan fingerprint density at radius 2 is 1.66 bits per heavy atom. The normalized spacial score (nSPS) is 13.2. The van der Waals surface area contributed by atoms with E-state index < -0.39 is 17.7 Å². The summed E-state index contributed by atoms with van der Waals surface area (Å²) >= 11 is 12.4. The van der Waals surface area contributed by atoms with Crippen molar-refractivity contribution in [3.63, 3.8) is 0 Å². The van der Waals surface area contributed by atoms with Crippen LogP contribution < -0.4 is 25.0 Å². The average molecular weight is 512 g/mol. The number of hydrogen-bond acceptors (Lipinski definition) is 6. The maximum Gasteiger partial charge on any atom is 0.283 e. The van der Waals surface area contributed by atoms with Gasteiger partial charge in [0.1, 0.15) is 22.2 Å². The molecule has 4 rings (SSSR count). The summed E-state index contributed by atoms with van der Waals surface area (Å²) in [5.74, 6) is -1.03. The molecule has 0 fully saturated rings. The van der Waals surface area contributed by atoms with Crippen LogP contribution in [0.25, 0.3) is 0 Å². The second-order valence-corrected chi connectivity index (χ2v) is 8.10. The van der Waals surface area contributed by atoms with Crippen molar-refractivity contribution in [2.75, 3.05) is 29.8 Å². The SMILES string of the molecule is COc1ccc(N2C(=O)C(Cl)=C(Nc3cccc(C(=O)Nc4ccccc4Cl)c3)C2=O)c(OC)c1. The van der Waals surface area contributed by atoms with Crippen LogP contribution in [0.4, 0.5) is 17.1 Å². The highest BCUT2D eigenvalue weighted by molar-refractivity contribution is 6.53. The standard InChI is InChI=1S/C25H19Cl2N3O5/c1-34-16-10-11-19(20(13-16)35-2)30-24(32)21(27)22(25(30)33)28-15-7-5-6-14(12-15)23(31)29-18-9-4-3-8-17(18)26/h3-13,28H,1-2H3,(H,29,31). The van der Waals surface area contributed by atoms with E-state index in [1.807, 2.05) is 0 Å². The Kier molecular flexibility index (Phi) is 6.95. The molecule has 0 saturated heterocycles. The Balaban J connectivity index is 1.57. The fourth-order valence-electron chi connectivity index (χ4n) is 3.44. The van der Waals surface area contributed by atoms with E-state index in [1.54, 1.807) is 54.6 Å². The number of anilines is 3. The van der Waals surface area contributed by atoms with Gasteiger partial charge in [-0.05, 0) is 42.5 Å². The van der Waals surface area contributed by atoms with Crippen molar-refractivity contribution in [1.82, 2.24) is 0 Å². The van der Waals surface area contributed by atoms with Gasteiger partial charge in [-0.2, -0.15) is 0 Å². The summed E-state index contributed by atoms with van der Waals surface area (Å²) in [5, 5.41) is 5.70. The number of methoxy groups -OCH3 is 2. The van der Waals surface area contributed by atoms with Gasteiger partial charge < -0.3 is 20.1 Å². The van der Waals surface area contributed by atoms with Gasteiger partial charge in [0, 0.05) is 17.3 Å². The van der Waals surface area contributed by atoms with Crippen LogP contribution in [0.5, 0.6) is 11.5 Å². The van der Waals surface area contributed by atoms with Crippen molar-refractivity contribution in [3.8, 4) is 11.5 Å². The van der Waals surface area contributed by atoms with E-state index in [9.17, 15) is 14.4 Å². The Morgan fingerprint density at radius 1 is 0.886 bits per heavy atom. The van der Waals surface area contributed by atoms with E-state index in [4.69, 9.17) is 32.7 Å². The lowest BCUT2D eigenvalue weighted by Crippen LogP contribution is -2.32. The number of carbonyl (C=O) groups is 3. The maximum atomic E-state index is 13.2. The number of benzene rings is 3. The third-order valence-electron chi connectivity index (χ3n) is 5.17. The lowest BCUT2D eigenvalue weighted by Gasteiger charge is -2.18. The molecular formula is C25H19Cl2N3O5. The quantitative estimate of drug-likeness (QED) is 0.431. The second-order valence-electron chi connectivity index (χ2n) is 7.31. The van der Waals surface area contributed by atoms with Crippen molar-refractivity contribution in [1.29, 1.82) is 0 Å². The van der Waals surface area contributed by atoms with Crippen LogP contribution >= 0.6 is 23.2 Å². The molecule has 1 heterocycles. The molecule has 35 heavy (non-hydrogen) atoms. The molecule has 1 aliphatic heterocycles. The van der Waals surface area contributed by atoms with Gasteiger partial charge in [0.2, 0.25) is 0 Å². The van der Waals surface area contributed by atoms with Gasteiger partial charge in [0.15, 0.2) is 0 Å². The van der Waals surface area contributed by atoms with Crippen LogP contribution in [-0.2, 0) is 9.59 Å². The van der Waals surface area contributed by atoms with Gasteiger partial charge in [-0.1, -0.05) is 41.4 Å². The topological polar surface area (TPSA) is 97.0 Å². The molecule has 0 radical (unpaired) electrons. The molecule has 0 unspecified atom stereocenters. The number of carbonyl (C=O) groups excluding carboxylic acids is 3. The van der Waals surface area contributed by atoms with E-state index in [1.165, 1.54) is 26.4 Å². The third kappa shape index (κ3) is 4.80. The van der Waals surface area contributed by atoms with Gasteiger partial charge in [0.05, 0.1) is 30.6 Å². The van der Waals surface area contributed by atoms with Crippen LogP contribution in [0.1, 0.15) is 10.4 Å². The predicted octanol–water partition coefficient (Wildman–Crippen LogP) is 5.05. The number of imide groups is 1. The molecular weight excluding hydrogens is 493 g/mol. The van der Waals surface area contributed by atoms with Crippen LogP contribution in [0.15, 0.2) is 77.5 Å². The Bertz CT molecular complexity index is 1370. The molecule has 0 atom stereocenters. The Hall–Kier alpha value is -4.01. The van der Waals surface area contributed by atoms with Crippen LogP contribution in [0.3, 0.4) is 0 Å². The van der Waals surface area contributed by atoms with E-state index in [2.05, 4.69) is 10.6 Å². The fourth-order valence-corrected chi connectivity index (χ4v) is 3.83. The maximum absolute atomic E-state index is 13.2. The number of nitrogens with one attached hydrogen (secondary N) is 2. The number of rotatable bonds is 7. The highest BCUT2D eigenvalue weighted by Gasteiger charge is 2.40. The molecule has 2 N–H and O–H groups in total. The van der Waals surface area contributed by atoms with Gasteiger partial charge in [-0.25, -0.2) is 4.90 Å². The minimum Gasteiger partial charge on any atom is -0.497 e. The van der Waals surface area contributed by atoms with E-state index in [-0.39, 0.29) is 22.2 Å². The first-order valence-electron chi connectivity index (χ1n) is 10.3. The minimum atomic E-state index is -0.713. The summed E-state index contributed by atoms with van der Waals surface area (Å²) in [6.45, 7) is 0. The van der Waals surface area contributed by atoms with Crippen molar-refractivity contribution < 1.29 is 23.9 Å². The molecule has 3 aromatic rings. The summed E-state index contributed by atoms with van der Waals surface area (Å²) in [4.78, 5) is 39.7. The summed E-state index contributed by atoms with van der Waals surface area (Å²) < 4.78 is 10.5. The summed E-state index contributed by atoms with van der Waals surface area (Å²) in [6.07, 6.45) is 0. The van der Waals surface area contributed by atoms with Crippen LogP contribution in [-0.4, -0.2) is 31.9 Å². The van der Waals surface area contributed by atoms with E-state index in [0.717, 1.165) is 4.90 Å². The first kappa shape index (κ1) is 24.1. The highest BCUT2D eigenvalue weighted by Crippen LogP contribution is 2.37. The largest absolute Gasteiger partial charge is 0.497 e. The molecule has 178 valence electrons. The van der Waals surface area contributed by atoms with Gasteiger partial charge in [0.25, 0.3) is 17.7 Å². The molecule has 0 aliphatic carbocycles. The van der Waals surface area contributed by atoms with Crippen molar-refractivity contribution in [2.24, 2.45) is 0 Å². The summed E-state index contributed by atoms with van der Waals surface area (Å²) in [6, 6.07) is 17.9. The first-order valence-corrected chi connectivity index (χ1v) is 11.0. The zero-order valence-corrected chi connectivity index (χ0v) is 20.1. The summed E-state index contributed by atoms with van der Waals surface area (Å²) in [7, 11) is 2.90. The zero-order chi connectivity index (χ0) is 25.1. The van der Waals surface area contributed by atoms with Gasteiger partial charge in [-0.3, -0.25) is 14.4 Å². The number of amides is 3. The van der Waals surface area contributed by atoms with E-state index >= 15 is 0 Å². The Morgan fingerprint density at radius 3 is 2.37 bits per heavy atom. The second kappa shape index (κ2) is 10.1. The molecule has 0 saturated carbocycles. The zero-order valence-electron chi connectivity index (χ0n) is 18.6. The van der Waals surface area contributed by atoms with Gasteiger partial charge in [-0.15, -0.1) is 0 Å². The van der Waals surface area contributed by atoms with Gasteiger partial charge >= 0.3 is 0 Å². The number of ether oxygens (including phenoxy) is 2. The Labute approximate surface area is 211 Å². The first-order chi connectivity index (χ1) is 16.8. The molecule has 3 aromatic carbocycles. The molecule has 0 aromatic heterocycles. The smallest absolute Gasteiger partial charge is 0.283 e. The molecule has 1 aliphatic rings. The monoisotopic (exact) mass is 511 g/mol. The number of halogens is 2. The molecule has 3 amide bonds. The molecule has 10 heteroatoms. The number of nitrogens with zero attached hydrogens (tertiary/aromatic N) is 1. The van der Waals surface area contributed by atoms with Crippen molar-refractivity contribution in [2.45, 2.75) is 0 Å². The minimum absolute atomic E-state index is 0.127. The predicted molar refractivity (Wildman–Crippen MR) is 134 cm³/mol. The number of hydrogen-bond donors (Lipinski definition) is 2.